The fourth-order valence-corrected chi connectivity index (χ4v) is 3.88. The molecule has 0 radical (unpaired) electrons. The van der Waals surface area contributed by atoms with E-state index in [9.17, 15) is 14.0 Å². The molecule has 0 fully saturated rings. The van der Waals surface area contributed by atoms with Gasteiger partial charge in [-0.2, -0.15) is 0 Å². The minimum absolute atomic E-state index is 0.0121. The molecule has 0 unspecified atom stereocenters. The van der Waals surface area contributed by atoms with E-state index < -0.39 is 17.8 Å². The molecule has 0 saturated carbocycles. The number of hydrogen-bond donors (Lipinski definition) is 2. The summed E-state index contributed by atoms with van der Waals surface area (Å²) < 4.78 is 20.0. The average Bonchev–Trinajstić information content (AvgIpc) is 2.70. The lowest BCUT2D eigenvalue weighted by Crippen LogP contribution is -2.34. The van der Waals surface area contributed by atoms with Crippen LogP contribution in [0.3, 0.4) is 0 Å². The summed E-state index contributed by atoms with van der Waals surface area (Å²) in [5, 5.41) is 4.70. The Morgan fingerprint density at radius 1 is 0.968 bits per heavy atom. The van der Waals surface area contributed by atoms with Gasteiger partial charge in [0.05, 0.1) is 25.8 Å². The summed E-state index contributed by atoms with van der Waals surface area (Å²) in [6.45, 7) is 0. The number of benzene rings is 3. The van der Waals surface area contributed by atoms with E-state index >= 15 is 0 Å². The maximum Gasteiger partial charge on any atom is 0.326 e. The largest absolute Gasteiger partial charge is 0.453 e. The zero-order valence-electron chi connectivity index (χ0n) is 15.1. The molecule has 0 bridgehead atoms. The number of nitrogens with one attached hydrogen (secondary N) is 2. The SMILES string of the molecule is O=C(NC(=O)c1ccccc1F)Nc1cc(Cl)c(Oc2ccc(Cl)cc2Br)c(Cl)c1Cl. The molecule has 0 aromatic heterocycles. The van der Waals surface area contributed by atoms with Gasteiger partial charge in [-0.1, -0.05) is 58.5 Å². The first-order valence-electron chi connectivity index (χ1n) is 8.34. The summed E-state index contributed by atoms with van der Waals surface area (Å²) in [4.78, 5) is 24.2. The first-order chi connectivity index (χ1) is 14.7. The van der Waals surface area contributed by atoms with Gasteiger partial charge in [-0.25, -0.2) is 9.18 Å². The molecule has 0 heterocycles. The van der Waals surface area contributed by atoms with Crippen molar-refractivity contribution in [3.63, 3.8) is 0 Å². The lowest BCUT2D eigenvalue weighted by Gasteiger charge is -2.15. The van der Waals surface area contributed by atoms with Crippen LogP contribution in [0.25, 0.3) is 0 Å². The molecule has 0 spiro atoms. The molecule has 0 aliphatic carbocycles. The van der Waals surface area contributed by atoms with E-state index in [4.69, 9.17) is 51.1 Å². The van der Waals surface area contributed by atoms with E-state index in [-0.39, 0.29) is 32.1 Å². The summed E-state index contributed by atoms with van der Waals surface area (Å²) in [5.41, 5.74) is -0.282. The Morgan fingerprint density at radius 3 is 2.35 bits per heavy atom. The van der Waals surface area contributed by atoms with Crippen molar-refractivity contribution in [2.75, 3.05) is 5.32 Å². The summed E-state index contributed by atoms with van der Waals surface area (Å²) in [5.74, 6) is -1.29. The van der Waals surface area contributed by atoms with Crippen molar-refractivity contribution in [3.05, 3.63) is 84.5 Å². The number of carbonyl (C=O) groups excluding carboxylic acids is 2. The van der Waals surface area contributed by atoms with Crippen molar-refractivity contribution in [2.24, 2.45) is 0 Å². The number of imide groups is 1. The van der Waals surface area contributed by atoms with E-state index in [1.165, 1.54) is 24.3 Å². The van der Waals surface area contributed by atoms with Gasteiger partial charge < -0.3 is 10.1 Å². The quantitative estimate of drug-likeness (QED) is 0.315. The van der Waals surface area contributed by atoms with Crippen molar-refractivity contribution in [1.29, 1.82) is 0 Å². The fourth-order valence-electron chi connectivity index (χ4n) is 2.40. The normalized spacial score (nSPS) is 10.5. The molecule has 160 valence electrons. The second-order valence-electron chi connectivity index (χ2n) is 5.93. The number of ether oxygens (including phenoxy) is 1. The Kier molecular flexibility index (Phi) is 7.67. The molecular formula is C20H10BrCl4FN2O3. The van der Waals surface area contributed by atoms with Crippen LogP contribution in [-0.2, 0) is 0 Å². The van der Waals surface area contributed by atoms with Crippen molar-refractivity contribution >= 4 is 80.0 Å². The monoisotopic (exact) mass is 564 g/mol. The van der Waals surface area contributed by atoms with Crippen LogP contribution in [-0.4, -0.2) is 11.9 Å². The van der Waals surface area contributed by atoms with Crippen molar-refractivity contribution in [3.8, 4) is 11.5 Å². The van der Waals surface area contributed by atoms with Crippen LogP contribution >= 0.6 is 62.3 Å². The van der Waals surface area contributed by atoms with Crippen molar-refractivity contribution in [2.45, 2.75) is 0 Å². The lowest BCUT2D eigenvalue weighted by molar-refractivity contribution is 0.0963. The van der Waals surface area contributed by atoms with E-state index in [0.29, 0.717) is 15.2 Å². The fraction of sp³-hybridized carbons (Fsp3) is 0. The molecule has 0 atom stereocenters. The number of urea groups is 1. The maximum absolute atomic E-state index is 13.7. The third kappa shape index (κ3) is 5.61. The predicted molar refractivity (Wildman–Crippen MR) is 124 cm³/mol. The van der Waals surface area contributed by atoms with Crippen LogP contribution in [0.4, 0.5) is 14.9 Å². The number of anilines is 1. The molecule has 0 saturated heterocycles. The zero-order chi connectivity index (χ0) is 22.7. The second kappa shape index (κ2) is 10.1. The van der Waals surface area contributed by atoms with Crippen LogP contribution in [0.15, 0.2) is 53.0 Å². The van der Waals surface area contributed by atoms with E-state index in [2.05, 4.69) is 21.2 Å². The molecule has 3 amide bonds. The highest BCUT2D eigenvalue weighted by Gasteiger charge is 2.20. The Morgan fingerprint density at radius 2 is 1.68 bits per heavy atom. The van der Waals surface area contributed by atoms with E-state index in [1.54, 1.807) is 18.2 Å². The summed E-state index contributed by atoms with van der Waals surface area (Å²) >= 11 is 28.0. The number of halogens is 6. The minimum atomic E-state index is -0.962. The first-order valence-corrected chi connectivity index (χ1v) is 10.6. The van der Waals surface area contributed by atoms with Gasteiger partial charge in [0.25, 0.3) is 5.91 Å². The topological polar surface area (TPSA) is 67.4 Å². The van der Waals surface area contributed by atoms with Gasteiger partial charge in [-0.05, 0) is 52.3 Å². The number of amides is 3. The van der Waals surface area contributed by atoms with Crippen LogP contribution in [0.5, 0.6) is 11.5 Å². The highest BCUT2D eigenvalue weighted by Crippen LogP contribution is 2.46. The minimum Gasteiger partial charge on any atom is -0.453 e. The van der Waals surface area contributed by atoms with Gasteiger partial charge in [0.2, 0.25) is 0 Å². The molecule has 11 heteroatoms. The molecule has 3 rings (SSSR count). The standard InChI is InChI=1S/C20H10BrCl4FN2O3/c21-11-7-9(22)5-6-15(11)31-18-12(23)8-14(16(24)17(18)25)27-20(30)28-19(29)10-3-1-2-4-13(10)26/h1-8H,(H2,27,28,29,30). The van der Waals surface area contributed by atoms with Crippen LogP contribution in [0, 0.1) is 5.82 Å². The molecule has 3 aromatic carbocycles. The Labute approximate surface area is 204 Å². The number of hydrogen-bond acceptors (Lipinski definition) is 3. The van der Waals surface area contributed by atoms with E-state index in [0.717, 1.165) is 6.07 Å². The maximum atomic E-state index is 13.7. The highest BCUT2D eigenvalue weighted by atomic mass is 79.9. The molecule has 0 aliphatic rings. The highest BCUT2D eigenvalue weighted by molar-refractivity contribution is 9.10. The Bertz CT molecular complexity index is 1190. The summed E-state index contributed by atoms with van der Waals surface area (Å²) in [7, 11) is 0. The first kappa shape index (κ1) is 23.6. The Balaban J connectivity index is 1.79. The van der Waals surface area contributed by atoms with Gasteiger partial charge in [0.15, 0.2) is 5.75 Å². The average molecular weight is 567 g/mol. The molecule has 31 heavy (non-hydrogen) atoms. The number of carbonyl (C=O) groups is 2. The molecule has 5 nitrogen and oxygen atoms in total. The van der Waals surface area contributed by atoms with Gasteiger partial charge in [-0.3, -0.25) is 10.1 Å². The van der Waals surface area contributed by atoms with Crippen LogP contribution in [0.1, 0.15) is 10.4 Å². The summed E-state index contributed by atoms with van der Waals surface area (Å²) in [6, 6.07) is 10.4. The van der Waals surface area contributed by atoms with Gasteiger partial charge in [0, 0.05) is 5.02 Å². The second-order valence-corrected chi connectivity index (χ2v) is 8.38. The molecular weight excluding hydrogens is 557 g/mol. The molecule has 3 aromatic rings. The van der Waals surface area contributed by atoms with Crippen LogP contribution < -0.4 is 15.4 Å². The zero-order valence-corrected chi connectivity index (χ0v) is 19.7. The van der Waals surface area contributed by atoms with Crippen LogP contribution in [0.2, 0.25) is 20.1 Å². The van der Waals surface area contributed by atoms with Gasteiger partial charge >= 0.3 is 6.03 Å². The van der Waals surface area contributed by atoms with Crippen molar-refractivity contribution in [1.82, 2.24) is 5.32 Å². The molecule has 2 N–H and O–H groups in total. The van der Waals surface area contributed by atoms with E-state index in [1.807, 2.05) is 5.32 Å². The molecule has 0 aliphatic heterocycles. The third-order valence-corrected chi connectivity index (χ3v) is 5.80. The van der Waals surface area contributed by atoms with Gasteiger partial charge in [-0.15, -0.1) is 0 Å². The lowest BCUT2D eigenvalue weighted by atomic mass is 10.2. The van der Waals surface area contributed by atoms with Crippen molar-refractivity contribution < 1.29 is 18.7 Å². The predicted octanol–water partition coefficient (Wildman–Crippen LogP) is 7.96. The number of rotatable bonds is 4. The van der Waals surface area contributed by atoms with Gasteiger partial charge in [0.1, 0.15) is 16.6 Å². The summed E-state index contributed by atoms with van der Waals surface area (Å²) in [6.07, 6.45) is 0. The smallest absolute Gasteiger partial charge is 0.326 e. The Hall–Kier alpha value is -2.03. The third-order valence-electron chi connectivity index (χ3n) is 3.82.